The summed E-state index contributed by atoms with van der Waals surface area (Å²) in [6.07, 6.45) is 6.11. The molecule has 1 aromatic rings. The predicted octanol–water partition coefficient (Wildman–Crippen LogP) is 4.17. The normalized spacial score (nSPS) is 10.9. The second-order valence-electron chi connectivity index (χ2n) is 5.30. The van der Waals surface area contributed by atoms with Crippen molar-refractivity contribution in [2.24, 2.45) is 5.92 Å². The van der Waals surface area contributed by atoms with Crippen molar-refractivity contribution in [1.29, 1.82) is 0 Å². The van der Waals surface area contributed by atoms with E-state index in [0.717, 1.165) is 18.9 Å². The molecule has 0 bridgehead atoms. The maximum absolute atomic E-state index is 11.1. The van der Waals surface area contributed by atoms with Gasteiger partial charge in [-0.15, -0.1) is 0 Å². The largest absolute Gasteiger partial charge is 0.478 e. The van der Waals surface area contributed by atoms with Crippen LogP contribution in [0.25, 0.3) is 0 Å². The van der Waals surface area contributed by atoms with Gasteiger partial charge in [-0.1, -0.05) is 39.5 Å². The highest BCUT2D eigenvalue weighted by Gasteiger charge is 2.16. The zero-order chi connectivity index (χ0) is 14.3. The van der Waals surface area contributed by atoms with Crippen LogP contribution in [0.5, 0.6) is 0 Å². The summed E-state index contributed by atoms with van der Waals surface area (Å²) in [5.41, 5.74) is 0.918. The van der Waals surface area contributed by atoms with Crippen molar-refractivity contribution in [1.82, 2.24) is 4.37 Å². The monoisotopic (exact) mass is 284 g/mol. The van der Waals surface area contributed by atoms with Gasteiger partial charge in [-0.05, 0) is 30.8 Å². The number of hydrogen-bond acceptors (Lipinski definition) is 4. The number of rotatable bonds is 9. The van der Waals surface area contributed by atoms with Crippen molar-refractivity contribution in [3.63, 3.8) is 0 Å². The van der Waals surface area contributed by atoms with Gasteiger partial charge >= 0.3 is 5.97 Å². The standard InChI is InChI=1S/C14H24N2O2S/c1-10(2)8-6-4-5-7-9-15-13-12(14(17)18)11(3)16-19-13/h10,15H,4-9H2,1-3H3,(H,17,18). The summed E-state index contributed by atoms with van der Waals surface area (Å²) in [7, 11) is 0. The number of anilines is 1. The molecule has 5 heteroatoms. The van der Waals surface area contributed by atoms with E-state index in [4.69, 9.17) is 5.11 Å². The Balaban J connectivity index is 2.21. The van der Waals surface area contributed by atoms with Gasteiger partial charge in [-0.2, -0.15) is 4.37 Å². The zero-order valence-corrected chi connectivity index (χ0v) is 12.8. The smallest absolute Gasteiger partial charge is 0.340 e. The summed E-state index contributed by atoms with van der Waals surface area (Å²) in [6.45, 7) is 7.06. The van der Waals surface area contributed by atoms with E-state index in [1.807, 2.05) is 0 Å². The first-order valence-electron chi connectivity index (χ1n) is 6.95. The van der Waals surface area contributed by atoms with E-state index < -0.39 is 5.97 Å². The van der Waals surface area contributed by atoms with Crippen molar-refractivity contribution in [2.45, 2.75) is 52.9 Å². The van der Waals surface area contributed by atoms with Gasteiger partial charge in [0.05, 0.1) is 5.69 Å². The number of carbonyl (C=O) groups is 1. The molecule has 1 aromatic heterocycles. The van der Waals surface area contributed by atoms with Crippen molar-refractivity contribution < 1.29 is 9.90 Å². The molecule has 4 nitrogen and oxygen atoms in total. The molecule has 0 radical (unpaired) electrons. The van der Waals surface area contributed by atoms with Crippen LogP contribution in [0.3, 0.4) is 0 Å². The van der Waals surface area contributed by atoms with Crippen molar-refractivity contribution in [3.8, 4) is 0 Å². The topological polar surface area (TPSA) is 62.2 Å². The third-order valence-electron chi connectivity index (χ3n) is 3.07. The minimum absolute atomic E-state index is 0.324. The lowest BCUT2D eigenvalue weighted by Crippen LogP contribution is -2.06. The summed E-state index contributed by atoms with van der Waals surface area (Å²) in [6, 6.07) is 0. The molecule has 0 amide bonds. The van der Waals surface area contributed by atoms with E-state index in [1.54, 1.807) is 6.92 Å². The van der Waals surface area contributed by atoms with Gasteiger partial charge in [-0.25, -0.2) is 4.79 Å². The Hall–Kier alpha value is -1.10. The number of aromatic carboxylic acids is 1. The molecule has 1 rings (SSSR count). The van der Waals surface area contributed by atoms with Crippen LogP contribution < -0.4 is 5.32 Å². The average molecular weight is 284 g/mol. The number of aryl methyl sites for hydroxylation is 1. The number of aromatic nitrogens is 1. The molecule has 0 aliphatic carbocycles. The highest BCUT2D eigenvalue weighted by molar-refractivity contribution is 7.10. The fourth-order valence-electron chi connectivity index (χ4n) is 1.98. The molecular weight excluding hydrogens is 260 g/mol. The highest BCUT2D eigenvalue weighted by atomic mass is 32.1. The summed E-state index contributed by atoms with van der Waals surface area (Å²) in [4.78, 5) is 11.1. The van der Waals surface area contributed by atoms with E-state index in [-0.39, 0.29) is 0 Å². The molecule has 2 N–H and O–H groups in total. The first-order chi connectivity index (χ1) is 9.02. The lowest BCUT2D eigenvalue weighted by atomic mass is 10.0. The Kier molecular flexibility index (Phi) is 6.84. The zero-order valence-electron chi connectivity index (χ0n) is 12.0. The number of hydrogen-bond donors (Lipinski definition) is 2. The molecule has 0 atom stereocenters. The van der Waals surface area contributed by atoms with Crippen molar-refractivity contribution in [2.75, 3.05) is 11.9 Å². The number of unbranched alkanes of at least 4 members (excludes halogenated alkanes) is 3. The third kappa shape index (κ3) is 5.59. The van der Waals surface area contributed by atoms with Crippen LogP contribution in [-0.4, -0.2) is 22.0 Å². The van der Waals surface area contributed by atoms with Crippen LogP contribution in [0.2, 0.25) is 0 Å². The van der Waals surface area contributed by atoms with Crippen LogP contribution in [0.1, 0.15) is 62.0 Å². The third-order valence-corrected chi connectivity index (χ3v) is 3.97. The molecule has 0 spiro atoms. The Morgan fingerprint density at radius 1 is 1.32 bits per heavy atom. The molecule has 0 saturated carbocycles. The second-order valence-corrected chi connectivity index (χ2v) is 6.07. The second kappa shape index (κ2) is 8.15. The number of carboxylic acids is 1. The van der Waals surface area contributed by atoms with E-state index in [1.165, 1.54) is 37.2 Å². The Morgan fingerprint density at radius 2 is 2.00 bits per heavy atom. The predicted molar refractivity (Wildman–Crippen MR) is 80.2 cm³/mol. The van der Waals surface area contributed by atoms with Gasteiger partial charge in [0, 0.05) is 6.54 Å². The van der Waals surface area contributed by atoms with Gasteiger partial charge in [0.1, 0.15) is 10.6 Å². The van der Waals surface area contributed by atoms with Crippen LogP contribution in [0.4, 0.5) is 5.00 Å². The van der Waals surface area contributed by atoms with Crippen LogP contribution in [0, 0.1) is 12.8 Å². The Morgan fingerprint density at radius 3 is 2.63 bits per heavy atom. The van der Waals surface area contributed by atoms with Gasteiger partial charge in [-0.3, -0.25) is 0 Å². The maximum Gasteiger partial charge on any atom is 0.340 e. The molecule has 0 aromatic carbocycles. The molecule has 0 fully saturated rings. The van der Waals surface area contributed by atoms with Gasteiger partial charge < -0.3 is 10.4 Å². The van der Waals surface area contributed by atoms with Gasteiger partial charge in [0.2, 0.25) is 0 Å². The van der Waals surface area contributed by atoms with Crippen LogP contribution >= 0.6 is 11.5 Å². The minimum atomic E-state index is -0.898. The lowest BCUT2D eigenvalue weighted by molar-refractivity contribution is 0.0697. The number of carboxylic acid groups (broad SMARTS) is 1. The van der Waals surface area contributed by atoms with E-state index in [9.17, 15) is 4.79 Å². The molecule has 0 unspecified atom stereocenters. The van der Waals surface area contributed by atoms with E-state index in [2.05, 4.69) is 23.5 Å². The molecule has 1 heterocycles. The number of nitrogens with zero attached hydrogens (tertiary/aromatic N) is 1. The summed E-state index contributed by atoms with van der Waals surface area (Å²) in [5.74, 6) is -0.109. The van der Waals surface area contributed by atoms with E-state index in [0.29, 0.717) is 16.3 Å². The molecule has 108 valence electrons. The molecule has 19 heavy (non-hydrogen) atoms. The maximum atomic E-state index is 11.1. The van der Waals surface area contributed by atoms with Crippen molar-refractivity contribution >= 4 is 22.5 Å². The first kappa shape index (κ1) is 16.0. The summed E-state index contributed by atoms with van der Waals surface area (Å²) in [5, 5.41) is 13.0. The fraction of sp³-hybridized carbons (Fsp3) is 0.714. The Bertz CT molecular complexity index is 402. The quantitative estimate of drug-likeness (QED) is 0.668. The lowest BCUT2D eigenvalue weighted by Gasteiger charge is -2.06. The summed E-state index contributed by atoms with van der Waals surface area (Å²) < 4.78 is 4.08. The molecule has 0 aliphatic rings. The minimum Gasteiger partial charge on any atom is -0.478 e. The Labute approximate surface area is 119 Å². The molecule has 0 saturated heterocycles. The number of nitrogens with one attached hydrogen (secondary N) is 1. The average Bonchev–Trinajstić information content (AvgIpc) is 2.69. The van der Waals surface area contributed by atoms with E-state index >= 15 is 0 Å². The van der Waals surface area contributed by atoms with Gasteiger partial charge in [0.25, 0.3) is 0 Å². The molecule has 0 aliphatic heterocycles. The molecular formula is C14H24N2O2S. The van der Waals surface area contributed by atoms with Crippen LogP contribution in [0.15, 0.2) is 0 Å². The van der Waals surface area contributed by atoms with Crippen molar-refractivity contribution in [3.05, 3.63) is 11.3 Å². The SMILES string of the molecule is Cc1nsc(NCCCCCCC(C)C)c1C(=O)O. The highest BCUT2D eigenvalue weighted by Crippen LogP contribution is 2.24. The van der Waals surface area contributed by atoms with Gasteiger partial charge in [0.15, 0.2) is 0 Å². The first-order valence-corrected chi connectivity index (χ1v) is 7.73. The fourth-order valence-corrected chi connectivity index (χ4v) is 2.79. The summed E-state index contributed by atoms with van der Waals surface area (Å²) >= 11 is 1.23. The van der Waals surface area contributed by atoms with Crippen LogP contribution in [-0.2, 0) is 0 Å².